The molecule has 17 heavy (non-hydrogen) atoms. The summed E-state index contributed by atoms with van der Waals surface area (Å²) in [5.41, 5.74) is 1.38. The van der Waals surface area contributed by atoms with Gasteiger partial charge in [-0.05, 0) is 43.5 Å². The fraction of sp³-hybridized carbons (Fsp3) is 0.571. The lowest BCUT2D eigenvalue weighted by Gasteiger charge is -2.17. The molecule has 96 valence electrons. The molecule has 0 saturated heterocycles. The summed E-state index contributed by atoms with van der Waals surface area (Å²) in [6.45, 7) is 4.85. The summed E-state index contributed by atoms with van der Waals surface area (Å²) in [4.78, 5) is 0. The van der Waals surface area contributed by atoms with Crippen molar-refractivity contribution < 1.29 is 4.74 Å². The Hall–Kier alpha value is -0.380. The topological polar surface area (TPSA) is 21.3 Å². The Labute approximate surface area is 113 Å². The van der Waals surface area contributed by atoms with Crippen molar-refractivity contribution in [3.8, 4) is 0 Å². The van der Waals surface area contributed by atoms with Crippen LogP contribution in [-0.2, 0) is 4.74 Å². The van der Waals surface area contributed by atoms with Gasteiger partial charge in [-0.1, -0.05) is 35.0 Å². The minimum atomic E-state index is 0.532. The normalized spacial score (nSPS) is 12.6. The van der Waals surface area contributed by atoms with E-state index < -0.39 is 0 Å². The molecule has 1 atom stereocenters. The molecule has 3 heteroatoms. The molecule has 1 rings (SSSR count). The van der Waals surface area contributed by atoms with E-state index in [0.717, 1.165) is 37.1 Å². The van der Waals surface area contributed by atoms with E-state index in [2.05, 4.69) is 52.4 Å². The van der Waals surface area contributed by atoms with E-state index in [0.29, 0.717) is 5.92 Å². The van der Waals surface area contributed by atoms with Crippen molar-refractivity contribution >= 4 is 15.9 Å². The van der Waals surface area contributed by atoms with E-state index in [1.54, 1.807) is 0 Å². The van der Waals surface area contributed by atoms with Gasteiger partial charge in [-0.3, -0.25) is 0 Å². The van der Waals surface area contributed by atoms with E-state index in [1.807, 2.05) is 7.05 Å². The molecule has 0 aliphatic heterocycles. The first-order valence-electron chi connectivity index (χ1n) is 6.25. The molecule has 0 spiro atoms. The summed E-state index contributed by atoms with van der Waals surface area (Å²) in [6.07, 6.45) is 2.16. The average molecular weight is 300 g/mol. The maximum atomic E-state index is 5.57. The van der Waals surface area contributed by atoms with Crippen LogP contribution in [0.25, 0.3) is 0 Å². The summed E-state index contributed by atoms with van der Waals surface area (Å²) in [7, 11) is 2.00. The lowest BCUT2D eigenvalue weighted by Crippen LogP contribution is -2.18. The molecule has 0 heterocycles. The molecule has 2 nitrogen and oxygen atoms in total. The van der Waals surface area contributed by atoms with Gasteiger partial charge in [-0.25, -0.2) is 0 Å². The highest BCUT2D eigenvalue weighted by Gasteiger charge is 2.10. The number of ether oxygens (including phenoxy) is 1. The van der Waals surface area contributed by atoms with Gasteiger partial charge in [-0.15, -0.1) is 0 Å². The highest BCUT2D eigenvalue weighted by Crippen LogP contribution is 2.21. The number of nitrogens with one attached hydrogen (secondary N) is 1. The maximum absolute atomic E-state index is 5.57. The fourth-order valence-corrected chi connectivity index (χ4v) is 2.10. The predicted octanol–water partition coefficient (Wildman–Crippen LogP) is 3.57. The summed E-state index contributed by atoms with van der Waals surface area (Å²) in [6, 6.07) is 8.58. The number of likely N-dealkylation sites (N-methyl/N-ethyl adjacent to an activating group) is 1. The van der Waals surface area contributed by atoms with Crippen LogP contribution in [-0.4, -0.2) is 26.8 Å². The second-order valence-corrected chi connectivity index (χ2v) is 5.12. The lowest BCUT2D eigenvalue weighted by molar-refractivity contribution is 0.127. The van der Waals surface area contributed by atoms with Gasteiger partial charge in [0, 0.05) is 24.2 Å². The number of hydrogen-bond acceptors (Lipinski definition) is 2. The van der Waals surface area contributed by atoms with Crippen molar-refractivity contribution in [1.82, 2.24) is 5.32 Å². The Bertz CT molecular complexity index is 300. The fourth-order valence-electron chi connectivity index (χ4n) is 1.84. The highest BCUT2D eigenvalue weighted by molar-refractivity contribution is 9.10. The van der Waals surface area contributed by atoms with Gasteiger partial charge in [0.15, 0.2) is 0 Å². The molecule has 1 unspecified atom stereocenters. The second-order valence-electron chi connectivity index (χ2n) is 4.21. The number of rotatable bonds is 8. The second kappa shape index (κ2) is 8.67. The Kier molecular flexibility index (Phi) is 7.49. The monoisotopic (exact) mass is 299 g/mol. The molecule has 0 saturated carbocycles. The summed E-state index contributed by atoms with van der Waals surface area (Å²) in [5.74, 6) is 0.532. The van der Waals surface area contributed by atoms with Gasteiger partial charge in [-0.2, -0.15) is 0 Å². The number of halogens is 1. The van der Waals surface area contributed by atoms with Crippen molar-refractivity contribution in [2.75, 3.05) is 26.8 Å². The third-order valence-corrected chi connectivity index (χ3v) is 3.28. The molecule has 0 aliphatic carbocycles. The van der Waals surface area contributed by atoms with E-state index in [4.69, 9.17) is 4.74 Å². The van der Waals surface area contributed by atoms with Crippen LogP contribution in [0, 0.1) is 0 Å². The van der Waals surface area contributed by atoms with E-state index in [1.165, 1.54) is 5.56 Å². The van der Waals surface area contributed by atoms with Crippen molar-refractivity contribution in [3.63, 3.8) is 0 Å². The van der Waals surface area contributed by atoms with E-state index in [-0.39, 0.29) is 0 Å². The van der Waals surface area contributed by atoms with Crippen LogP contribution in [0.1, 0.15) is 31.2 Å². The smallest absolute Gasteiger partial charge is 0.0472 e. The molecule has 0 amide bonds. The Balaban J connectivity index is 2.49. The number of benzene rings is 1. The van der Waals surface area contributed by atoms with Crippen LogP contribution in [0.15, 0.2) is 28.7 Å². The first-order chi connectivity index (χ1) is 8.27. The zero-order valence-corrected chi connectivity index (χ0v) is 12.3. The third-order valence-electron chi connectivity index (χ3n) is 2.75. The maximum Gasteiger partial charge on any atom is 0.0472 e. The highest BCUT2D eigenvalue weighted by atomic mass is 79.9. The van der Waals surface area contributed by atoms with Crippen molar-refractivity contribution in [2.45, 2.75) is 25.7 Å². The Morgan fingerprint density at radius 2 is 1.94 bits per heavy atom. The molecule has 1 aromatic rings. The summed E-state index contributed by atoms with van der Waals surface area (Å²) >= 11 is 3.47. The van der Waals surface area contributed by atoms with Gasteiger partial charge in [0.25, 0.3) is 0 Å². The van der Waals surface area contributed by atoms with Crippen LogP contribution in [0.4, 0.5) is 0 Å². The van der Waals surface area contributed by atoms with Crippen LogP contribution in [0.2, 0.25) is 0 Å². The number of hydrogen-bond donors (Lipinski definition) is 1. The summed E-state index contributed by atoms with van der Waals surface area (Å²) < 4.78 is 6.70. The van der Waals surface area contributed by atoms with E-state index >= 15 is 0 Å². The minimum Gasteiger partial charge on any atom is -0.381 e. The molecule has 1 aromatic carbocycles. The Morgan fingerprint density at radius 3 is 2.53 bits per heavy atom. The van der Waals surface area contributed by atoms with Gasteiger partial charge in [0.1, 0.15) is 0 Å². The largest absolute Gasteiger partial charge is 0.381 e. The first-order valence-corrected chi connectivity index (χ1v) is 7.05. The van der Waals surface area contributed by atoms with Gasteiger partial charge < -0.3 is 10.1 Å². The molecule has 1 N–H and O–H groups in total. The van der Waals surface area contributed by atoms with Crippen molar-refractivity contribution in [2.24, 2.45) is 0 Å². The molecule has 0 bridgehead atoms. The first kappa shape index (κ1) is 14.7. The standard InChI is InChI=1S/C14H22BrNO/c1-3-9-17-10-8-13(11-16-2)12-4-6-14(15)7-5-12/h4-7,13,16H,3,8-11H2,1-2H3. The average Bonchev–Trinajstić information content (AvgIpc) is 2.34. The molecule has 0 radical (unpaired) electrons. The van der Waals surface area contributed by atoms with Gasteiger partial charge >= 0.3 is 0 Å². The van der Waals surface area contributed by atoms with Crippen molar-refractivity contribution in [1.29, 1.82) is 0 Å². The van der Waals surface area contributed by atoms with E-state index in [9.17, 15) is 0 Å². The molecular weight excluding hydrogens is 278 g/mol. The van der Waals surface area contributed by atoms with Crippen LogP contribution in [0.3, 0.4) is 0 Å². The van der Waals surface area contributed by atoms with Crippen LogP contribution in [0.5, 0.6) is 0 Å². The minimum absolute atomic E-state index is 0.532. The van der Waals surface area contributed by atoms with Gasteiger partial charge in [0.2, 0.25) is 0 Å². The third kappa shape index (κ3) is 5.66. The molecule has 0 aromatic heterocycles. The predicted molar refractivity (Wildman–Crippen MR) is 76.5 cm³/mol. The summed E-state index contributed by atoms with van der Waals surface area (Å²) in [5, 5.41) is 3.25. The molecule has 0 fully saturated rings. The molecule has 0 aliphatic rings. The quantitative estimate of drug-likeness (QED) is 0.741. The zero-order chi connectivity index (χ0) is 12.5. The van der Waals surface area contributed by atoms with Crippen LogP contribution < -0.4 is 5.32 Å². The lowest BCUT2D eigenvalue weighted by atomic mass is 9.96. The molecular formula is C14H22BrNO. The van der Waals surface area contributed by atoms with Crippen molar-refractivity contribution in [3.05, 3.63) is 34.3 Å². The van der Waals surface area contributed by atoms with Crippen LogP contribution >= 0.6 is 15.9 Å². The zero-order valence-electron chi connectivity index (χ0n) is 10.7. The van der Waals surface area contributed by atoms with Gasteiger partial charge in [0.05, 0.1) is 0 Å². The Morgan fingerprint density at radius 1 is 1.24 bits per heavy atom. The SMILES string of the molecule is CCCOCCC(CNC)c1ccc(Br)cc1.